The number of hydrogen-bond donors (Lipinski definition) is 0. The summed E-state index contributed by atoms with van der Waals surface area (Å²) in [5, 5.41) is 1.02. The van der Waals surface area contributed by atoms with Gasteiger partial charge in [0.05, 0.1) is 18.5 Å². The van der Waals surface area contributed by atoms with E-state index in [4.69, 9.17) is 14.7 Å². The maximum absolute atomic E-state index is 12.4. The minimum Gasteiger partial charge on any atom is -0.462 e. The number of ether oxygens (including phenoxy) is 1. The largest absolute Gasteiger partial charge is 0.462 e. The van der Waals surface area contributed by atoms with E-state index in [9.17, 15) is 4.79 Å². The number of carbonyl (C=O) groups excluding carboxylic acids is 1. The molecule has 2 atom stereocenters. The smallest absolute Gasteiger partial charge is 0.348 e. The topological polar surface area (TPSA) is 58.6 Å². The lowest BCUT2D eigenvalue weighted by Gasteiger charge is -2.20. The van der Waals surface area contributed by atoms with Crippen LogP contribution in [0, 0.1) is 18.8 Å². The number of esters is 1. The van der Waals surface area contributed by atoms with E-state index in [1.165, 1.54) is 11.3 Å². The molecule has 1 aliphatic carbocycles. The van der Waals surface area contributed by atoms with Crippen molar-refractivity contribution in [2.24, 2.45) is 11.8 Å². The normalized spacial score (nSPS) is 21.5. The van der Waals surface area contributed by atoms with Gasteiger partial charge in [-0.2, -0.15) is 0 Å². The molecule has 2 aliphatic rings. The molecule has 0 aromatic carbocycles. The van der Waals surface area contributed by atoms with Crippen molar-refractivity contribution in [1.82, 2.24) is 14.9 Å². The first-order valence-electron chi connectivity index (χ1n) is 9.99. The Balaban J connectivity index is 1.79. The fourth-order valence-electron chi connectivity index (χ4n) is 4.32. The van der Waals surface area contributed by atoms with Crippen LogP contribution in [0.15, 0.2) is 12.2 Å². The lowest BCUT2D eigenvalue weighted by Crippen LogP contribution is -2.23. The van der Waals surface area contributed by atoms with Crippen molar-refractivity contribution in [3.05, 3.63) is 28.4 Å². The molecule has 1 saturated heterocycles. The van der Waals surface area contributed by atoms with Gasteiger partial charge in [-0.3, -0.25) is 0 Å². The van der Waals surface area contributed by atoms with Crippen LogP contribution in [0.3, 0.4) is 0 Å². The van der Waals surface area contributed by atoms with Crippen LogP contribution in [0.5, 0.6) is 0 Å². The van der Waals surface area contributed by atoms with Gasteiger partial charge in [0.1, 0.15) is 21.3 Å². The van der Waals surface area contributed by atoms with Gasteiger partial charge in [-0.1, -0.05) is 12.2 Å². The quantitative estimate of drug-likeness (QED) is 0.564. The monoisotopic (exact) mass is 400 g/mol. The summed E-state index contributed by atoms with van der Waals surface area (Å²) in [6.45, 7) is 6.92. The molecular weight excluding hydrogens is 372 g/mol. The molecule has 28 heavy (non-hydrogen) atoms. The molecule has 1 aliphatic heterocycles. The van der Waals surface area contributed by atoms with Crippen molar-refractivity contribution in [2.75, 3.05) is 38.7 Å². The number of aryl methyl sites for hydroxylation is 1. The highest BCUT2D eigenvalue weighted by atomic mass is 32.1. The molecule has 6 nitrogen and oxygen atoms in total. The van der Waals surface area contributed by atoms with Crippen molar-refractivity contribution in [3.63, 3.8) is 0 Å². The summed E-state index contributed by atoms with van der Waals surface area (Å²) in [6, 6.07) is 0. The number of anilines is 1. The third-order valence-electron chi connectivity index (χ3n) is 5.66. The lowest BCUT2D eigenvalue weighted by atomic mass is 9.86. The van der Waals surface area contributed by atoms with Crippen molar-refractivity contribution < 1.29 is 9.53 Å². The summed E-state index contributed by atoms with van der Waals surface area (Å²) in [5.41, 5.74) is 0.942. The zero-order valence-corrected chi connectivity index (χ0v) is 17.9. The van der Waals surface area contributed by atoms with Crippen LogP contribution in [-0.2, 0) is 11.3 Å². The van der Waals surface area contributed by atoms with Crippen molar-refractivity contribution in [3.8, 4) is 0 Å². The van der Waals surface area contributed by atoms with Gasteiger partial charge in [-0.25, -0.2) is 14.8 Å². The third-order valence-corrected chi connectivity index (χ3v) is 6.82. The van der Waals surface area contributed by atoms with Crippen molar-refractivity contribution >= 4 is 33.3 Å². The molecule has 150 valence electrons. The molecule has 0 amide bonds. The zero-order chi connectivity index (χ0) is 19.8. The molecule has 0 saturated carbocycles. The first kappa shape index (κ1) is 19.3. The summed E-state index contributed by atoms with van der Waals surface area (Å²) in [7, 11) is 4.04. The molecule has 1 fully saturated rings. The molecule has 2 unspecified atom stereocenters. The Morgan fingerprint density at radius 3 is 2.54 bits per heavy atom. The second-order valence-electron chi connectivity index (χ2n) is 8.03. The summed E-state index contributed by atoms with van der Waals surface area (Å²) < 4.78 is 5.27. The standard InChI is InChI=1S/C21H28N4O2S/c1-5-27-21(26)18-13(2)17-19(22-16(12-24(3)4)23-20(17)28-18)25-10-14-8-6-7-9-15(14)11-25/h6-7,14-15H,5,8-12H2,1-4H3. The van der Waals surface area contributed by atoms with Gasteiger partial charge in [0, 0.05) is 13.1 Å². The first-order chi connectivity index (χ1) is 13.5. The lowest BCUT2D eigenvalue weighted by molar-refractivity contribution is 0.0531. The number of fused-ring (bicyclic) bond motifs is 2. The Morgan fingerprint density at radius 1 is 1.25 bits per heavy atom. The van der Waals surface area contributed by atoms with Crippen molar-refractivity contribution in [2.45, 2.75) is 33.2 Å². The number of aromatic nitrogens is 2. The number of carbonyl (C=O) groups is 1. The van der Waals surface area contributed by atoms with E-state index in [1.807, 2.05) is 27.9 Å². The molecule has 3 heterocycles. The Hall–Kier alpha value is -1.99. The Kier molecular flexibility index (Phi) is 5.38. The fraction of sp³-hybridized carbons (Fsp3) is 0.571. The second-order valence-corrected chi connectivity index (χ2v) is 9.03. The minimum absolute atomic E-state index is 0.262. The van der Waals surface area contributed by atoms with E-state index >= 15 is 0 Å². The van der Waals surface area contributed by atoms with Crippen LogP contribution in [0.4, 0.5) is 5.82 Å². The van der Waals surface area contributed by atoms with E-state index in [0.29, 0.717) is 29.9 Å². The molecule has 0 N–H and O–H groups in total. The maximum Gasteiger partial charge on any atom is 0.348 e. The molecule has 4 rings (SSSR count). The van der Waals surface area contributed by atoms with E-state index in [2.05, 4.69) is 22.0 Å². The Morgan fingerprint density at radius 2 is 1.93 bits per heavy atom. The van der Waals surface area contributed by atoms with Crippen LogP contribution >= 0.6 is 11.3 Å². The van der Waals surface area contributed by atoms with Gasteiger partial charge in [-0.15, -0.1) is 11.3 Å². The fourth-order valence-corrected chi connectivity index (χ4v) is 5.41. The highest BCUT2D eigenvalue weighted by Gasteiger charge is 2.35. The van der Waals surface area contributed by atoms with Crippen LogP contribution in [0.25, 0.3) is 10.2 Å². The summed E-state index contributed by atoms with van der Waals surface area (Å²) in [5.74, 6) is 2.91. The molecule has 0 bridgehead atoms. The number of thiophene rings is 1. The Labute approximate surface area is 170 Å². The number of hydrogen-bond acceptors (Lipinski definition) is 7. The van der Waals surface area contributed by atoms with Gasteiger partial charge < -0.3 is 14.5 Å². The first-order valence-corrected chi connectivity index (χ1v) is 10.8. The van der Waals surface area contributed by atoms with Gasteiger partial charge in [-0.05, 0) is 58.2 Å². The van der Waals surface area contributed by atoms with Crippen LogP contribution in [-0.4, -0.2) is 54.6 Å². The third kappa shape index (κ3) is 3.53. The van der Waals surface area contributed by atoms with Gasteiger partial charge >= 0.3 is 5.97 Å². The number of nitrogens with zero attached hydrogens (tertiary/aromatic N) is 4. The highest BCUT2D eigenvalue weighted by Crippen LogP contribution is 2.40. The summed E-state index contributed by atoms with van der Waals surface area (Å²) in [4.78, 5) is 28.2. The second kappa shape index (κ2) is 7.79. The zero-order valence-electron chi connectivity index (χ0n) is 17.1. The summed E-state index contributed by atoms with van der Waals surface area (Å²) >= 11 is 1.43. The predicted octanol–water partition coefficient (Wildman–Crippen LogP) is 3.64. The van der Waals surface area contributed by atoms with Crippen LogP contribution in [0.1, 0.15) is 40.8 Å². The molecule has 2 aromatic heterocycles. The van der Waals surface area contributed by atoms with Gasteiger partial charge in [0.25, 0.3) is 0 Å². The van der Waals surface area contributed by atoms with Crippen molar-refractivity contribution in [1.29, 1.82) is 0 Å². The van der Waals surface area contributed by atoms with Gasteiger partial charge in [0.2, 0.25) is 0 Å². The minimum atomic E-state index is -0.262. The molecule has 0 spiro atoms. The number of rotatable bonds is 5. The van der Waals surface area contributed by atoms with Crippen LogP contribution < -0.4 is 4.90 Å². The van der Waals surface area contributed by atoms with E-state index < -0.39 is 0 Å². The van der Waals surface area contributed by atoms with Crippen LogP contribution in [0.2, 0.25) is 0 Å². The molecular formula is C21H28N4O2S. The van der Waals surface area contributed by atoms with E-state index in [-0.39, 0.29) is 5.97 Å². The van der Waals surface area contributed by atoms with E-state index in [1.54, 1.807) is 0 Å². The van der Waals surface area contributed by atoms with E-state index in [0.717, 1.165) is 53.4 Å². The molecule has 0 radical (unpaired) electrons. The average Bonchev–Trinajstić information content (AvgIpc) is 3.22. The molecule has 7 heteroatoms. The average molecular weight is 401 g/mol. The predicted molar refractivity (Wildman–Crippen MR) is 113 cm³/mol. The molecule has 2 aromatic rings. The highest BCUT2D eigenvalue weighted by molar-refractivity contribution is 7.20. The van der Waals surface area contributed by atoms with Gasteiger partial charge in [0.15, 0.2) is 0 Å². The number of allylic oxidation sites excluding steroid dienone is 2. The Bertz CT molecular complexity index is 905. The summed E-state index contributed by atoms with van der Waals surface area (Å²) in [6.07, 6.45) is 6.92. The SMILES string of the molecule is CCOC(=O)c1sc2nc(CN(C)C)nc(N3CC4CC=CCC4C3)c2c1C. The maximum atomic E-state index is 12.4.